The third-order valence-electron chi connectivity index (χ3n) is 0. The molecule has 0 amide bonds. The topological polar surface area (TPSA) is 37.3 Å². The number of hydrogen-bond acceptors (Lipinski definition) is 1. The van der Waals surface area contributed by atoms with Crippen LogP contribution in [0.2, 0.25) is 0 Å². The Morgan fingerprint density at radius 2 is 2.00 bits per heavy atom. The summed E-state index contributed by atoms with van der Waals surface area (Å²) in [6.07, 6.45) is 0. The fourth-order valence-electron chi connectivity index (χ4n) is 0. The van der Waals surface area contributed by atoms with Crippen molar-refractivity contribution in [2.24, 2.45) is 0 Å². The second kappa shape index (κ2) is 1.64. The minimum atomic E-state index is -0.771. The first-order valence-electron chi connectivity index (χ1n) is 0.716. The van der Waals surface area contributed by atoms with Gasteiger partial charge in [0.25, 0.3) is 0 Å². The van der Waals surface area contributed by atoms with Crippen LogP contribution in [-0.2, 0) is 24.4 Å². The first-order chi connectivity index (χ1) is 1.73. The molecule has 2 nitrogen and oxygen atoms in total. The van der Waals surface area contributed by atoms with Crippen LogP contribution in [0.4, 0.5) is 4.79 Å². The van der Waals surface area contributed by atoms with Gasteiger partial charge in [0.15, 0.2) is 0 Å². The minimum absolute atomic E-state index is 0.715. The van der Waals surface area contributed by atoms with Crippen LogP contribution in [0.5, 0.6) is 0 Å². The van der Waals surface area contributed by atoms with Crippen LogP contribution in [0.15, 0.2) is 0 Å². The zero-order valence-corrected chi connectivity index (χ0v) is 3.74. The molecule has 0 heterocycles. The van der Waals surface area contributed by atoms with Gasteiger partial charge in [-0.1, -0.05) is 0 Å². The molecule has 0 fully saturated rings. The molecule has 3 heteroatoms. The van der Waals surface area contributed by atoms with Gasteiger partial charge in [-0.2, -0.15) is 0 Å². The predicted molar refractivity (Wildman–Crippen MR) is 8.02 cm³/mol. The molecule has 0 rings (SSSR count). The van der Waals surface area contributed by atoms with Crippen LogP contribution >= 0.6 is 0 Å². The molecule has 0 aliphatic rings. The molecule has 0 aromatic rings. The summed E-state index contributed by atoms with van der Waals surface area (Å²) in [5, 5.41) is 7.44. The predicted octanol–water partition coefficient (Wildman–Crippen LogP) is 0.211. The summed E-state index contributed by atoms with van der Waals surface area (Å²) in [7, 11) is 0. The zero-order valence-electron chi connectivity index (χ0n) is 1.93. The van der Waals surface area contributed by atoms with E-state index in [4.69, 9.17) is 9.90 Å². The van der Waals surface area contributed by atoms with Crippen LogP contribution in [-0.4, -0.2) is 8.83 Å². The quantitative estimate of drug-likeness (QED) is 0.461. The number of rotatable bonds is 0. The summed E-state index contributed by atoms with van der Waals surface area (Å²) < 4.78 is -0.771. The van der Waals surface area contributed by atoms with Gasteiger partial charge in [0, 0.05) is 0 Å². The van der Waals surface area contributed by atoms with Gasteiger partial charge < -0.3 is 0 Å². The van der Waals surface area contributed by atoms with Gasteiger partial charge in [-0.15, -0.1) is 0 Å². The van der Waals surface area contributed by atoms with Gasteiger partial charge in [0.2, 0.25) is 0 Å². The van der Waals surface area contributed by atoms with Gasteiger partial charge in [-0.25, -0.2) is 0 Å². The second-order valence-electron chi connectivity index (χ2n) is 0.338. The fourth-order valence-corrected chi connectivity index (χ4v) is 0. The Labute approximate surface area is 38.4 Å². The Morgan fingerprint density at radius 1 is 2.00 bits per heavy atom. The van der Waals surface area contributed by atoms with Gasteiger partial charge in [0.1, 0.15) is 0 Å². The van der Waals surface area contributed by atoms with E-state index in [9.17, 15) is 0 Å². The zero-order chi connectivity index (χ0) is 3.58. The first-order valence-corrected chi connectivity index (χ1v) is 1.62. The van der Waals surface area contributed by atoms with E-state index in [1.165, 1.54) is 0 Å². The standard InChI is InChI=1S/CHO2.Sc/c2-1-3;/h(H,2,3);. The molecule has 20 valence electrons. The fraction of sp³-hybridized carbons (Fsp3) is 0. The summed E-state index contributed by atoms with van der Waals surface area (Å²) in [6.45, 7) is 0. The van der Waals surface area contributed by atoms with Gasteiger partial charge in [-0.3, -0.25) is 0 Å². The van der Waals surface area contributed by atoms with Crippen molar-refractivity contribution < 1.29 is 34.3 Å². The average Bonchev–Trinajstić information content (AvgIpc) is 0.811. The van der Waals surface area contributed by atoms with Gasteiger partial charge in [-0.05, 0) is 0 Å². The summed E-state index contributed by atoms with van der Waals surface area (Å²) in [5.74, 6) is 0. The normalized spacial score (nSPS) is 5.75. The molecular weight excluding hydrogens is 89.0 g/mol. The van der Waals surface area contributed by atoms with Crippen LogP contribution in [0, 0.1) is 0 Å². The van der Waals surface area contributed by atoms with Gasteiger partial charge >= 0.3 is 38.0 Å². The van der Waals surface area contributed by atoms with Gasteiger partial charge in [0.05, 0.1) is 0 Å². The number of hydrogen-bond donors (Lipinski definition) is 1. The van der Waals surface area contributed by atoms with E-state index in [2.05, 4.69) is 0 Å². The van der Waals surface area contributed by atoms with Crippen molar-refractivity contribution in [1.82, 2.24) is 0 Å². The Balaban J connectivity index is 2.80. The molecule has 0 bridgehead atoms. The van der Waals surface area contributed by atoms with E-state index >= 15 is 0 Å². The van der Waals surface area contributed by atoms with E-state index in [1.807, 2.05) is 0 Å². The maximum atomic E-state index is 9.03. The monoisotopic (exact) mass is 90.0 g/mol. The Hall–Kier alpha value is 0.340. The van der Waals surface area contributed by atoms with E-state index in [1.54, 1.807) is 0 Å². The third-order valence-corrected chi connectivity index (χ3v) is 0. The SMILES string of the molecule is O=[C](O)[Sc]. The van der Waals surface area contributed by atoms with Crippen molar-refractivity contribution in [3.05, 3.63) is 0 Å². The summed E-state index contributed by atoms with van der Waals surface area (Å²) in [5.41, 5.74) is 0. The second-order valence-corrected chi connectivity index (χ2v) is 1.11. The molecule has 0 radical (unpaired) electrons. The summed E-state index contributed by atoms with van der Waals surface area (Å²) in [4.78, 5) is 9.03. The van der Waals surface area contributed by atoms with Crippen LogP contribution < -0.4 is 0 Å². The molecule has 0 spiro atoms. The Morgan fingerprint density at radius 3 is 2.00 bits per heavy atom. The van der Waals surface area contributed by atoms with Crippen molar-refractivity contribution in [3.63, 3.8) is 0 Å². The van der Waals surface area contributed by atoms with E-state index in [-0.39, 0.29) is 0 Å². The van der Waals surface area contributed by atoms with E-state index in [0.29, 0.717) is 24.4 Å². The number of carboxylic acid groups (broad SMARTS) is 1. The molecule has 0 saturated carbocycles. The van der Waals surface area contributed by atoms with Crippen LogP contribution in [0.25, 0.3) is 0 Å². The maximum absolute atomic E-state index is 9.03. The molecule has 0 aliphatic carbocycles. The molecular formula is CHO2Sc. The molecule has 1 N–H and O–H groups in total. The van der Waals surface area contributed by atoms with Crippen molar-refractivity contribution in [2.45, 2.75) is 0 Å². The Bertz CT molecular complexity index is 29.0. The van der Waals surface area contributed by atoms with Crippen molar-refractivity contribution in [2.75, 3.05) is 0 Å². The third kappa shape index (κ3) is 36.3. The van der Waals surface area contributed by atoms with Crippen molar-refractivity contribution in [3.8, 4) is 0 Å². The average molecular weight is 90.0 g/mol. The molecule has 0 aromatic heterocycles. The molecule has 0 aromatic carbocycles. The summed E-state index contributed by atoms with van der Waals surface area (Å²) in [6, 6.07) is 0. The van der Waals surface area contributed by atoms with E-state index < -0.39 is 3.73 Å². The van der Waals surface area contributed by atoms with Crippen LogP contribution in [0.1, 0.15) is 0 Å². The molecule has 0 aliphatic heterocycles. The first kappa shape index (κ1) is 4.34. The van der Waals surface area contributed by atoms with Crippen molar-refractivity contribution in [1.29, 1.82) is 0 Å². The Kier molecular flexibility index (Phi) is 1.78. The van der Waals surface area contributed by atoms with E-state index in [0.717, 1.165) is 0 Å². The summed E-state index contributed by atoms with van der Waals surface area (Å²) >= 11 is 0.715. The molecule has 0 unspecified atom stereocenters. The molecule has 0 saturated heterocycles. The molecule has 0 atom stereocenters. The molecule has 4 heavy (non-hydrogen) atoms. The van der Waals surface area contributed by atoms with Crippen molar-refractivity contribution >= 4 is 3.73 Å². The number of carbonyl (C=O) groups is 1. The van der Waals surface area contributed by atoms with Crippen LogP contribution in [0.3, 0.4) is 0 Å².